The fraction of sp³-hybridized carbons (Fsp3) is 0.0714. The topological polar surface area (TPSA) is 47.3 Å². The van der Waals surface area contributed by atoms with Crippen molar-refractivity contribution in [1.82, 2.24) is 0 Å². The Kier molecular flexibility index (Phi) is 3.85. The Morgan fingerprint density at radius 3 is 2.22 bits per heavy atom. The molecular formula is C14H11BrN2O. The van der Waals surface area contributed by atoms with E-state index in [1.165, 1.54) is 0 Å². The van der Waals surface area contributed by atoms with E-state index in [2.05, 4.69) is 22.2 Å². The van der Waals surface area contributed by atoms with Crippen molar-refractivity contribution < 1.29 is 5.11 Å². The summed E-state index contributed by atoms with van der Waals surface area (Å²) >= 11 is 3.42. The minimum absolute atomic E-state index is 0.191. The number of benzene rings is 2. The second kappa shape index (κ2) is 5.56. The van der Waals surface area contributed by atoms with Crippen LogP contribution in [-0.2, 0) is 0 Å². The monoisotopic (exact) mass is 302 g/mol. The molecule has 90 valence electrons. The molecule has 2 rings (SSSR count). The first kappa shape index (κ1) is 12.5. The molecule has 0 saturated heterocycles. The van der Waals surface area contributed by atoms with Crippen LogP contribution in [0, 0.1) is 11.3 Å². The van der Waals surface area contributed by atoms with Gasteiger partial charge in [-0.2, -0.15) is 5.26 Å². The number of aromatic hydroxyl groups is 1. The van der Waals surface area contributed by atoms with Crippen LogP contribution in [-0.4, -0.2) is 5.11 Å². The molecule has 1 atom stereocenters. The Morgan fingerprint density at radius 2 is 1.67 bits per heavy atom. The van der Waals surface area contributed by atoms with Crippen LogP contribution >= 0.6 is 16.1 Å². The van der Waals surface area contributed by atoms with Crippen molar-refractivity contribution in [2.45, 2.75) is 6.04 Å². The highest BCUT2D eigenvalue weighted by molar-refractivity contribution is 9.10. The molecule has 0 aliphatic carbocycles. The molecule has 1 unspecified atom stereocenters. The molecule has 1 N–H and O–H groups in total. The summed E-state index contributed by atoms with van der Waals surface area (Å²) in [5.41, 5.74) is 1.72. The van der Waals surface area contributed by atoms with E-state index in [0.29, 0.717) is 0 Å². The summed E-state index contributed by atoms with van der Waals surface area (Å²) in [6.45, 7) is 0. The van der Waals surface area contributed by atoms with Crippen LogP contribution in [0.5, 0.6) is 5.75 Å². The van der Waals surface area contributed by atoms with Gasteiger partial charge >= 0.3 is 0 Å². The van der Waals surface area contributed by atoms with Crippen molar-refractivity contribution in [3.05, 3.63) is 60.2 Å². The van der Waals surface area contributed by atoms with Crippen LogP contribution in [0.15, 0.2) is 54.6 Å². The Morgan fingerprint density at radius 1 is 1.06 bits per heavy atom. The van der Waals surface area contributed by atoms with Crippen LogP contribution in [0.1, 0.15) is 11.6 Å². The molecule has 0 radical (unpaired) electrons. The number of para-hydroxylation sites is 1. The predicted octanol–water partition coefficient (Wildman–Crippen LogP) is 3.77. The average Bonchev–Trinajstić information content (AvgIpc) is 2.42. The van der Waals surface area contributed by atoms with E-state index < -0.39 is 6.04 Å². The first-order valence-corrected chi connectivity index (χ1v) is 6.12. The van der Waals surface area contributed by atoms with Crippen molar-refractivity contribution in [2.75, 3.05) is 3.93 Å². The Labute approximate surface area is 114 Å². The number of phenolic OH excluding ortho intramolecular Hbond substituents is 1. The van der Waals surface area contributed by atoms with Gasteiger partial charge in [-0.05, 0) is 29.8 Å². The first-order valence-electron chi connectivity index (χ1n) is 5.41. The second-order valence-corrected chi connectivity index (χ2v) is 4.53. The summed E-state index contributed by atoms with van der Waals surface area (Å²) in [5, 5.41) is 18.6. The predicted molar refractivity (Wildman–Crippen MR) is 74.3 cm³/mol. The quantitative estimate of drug-likeness (QED) is 0.878. The lowest BCUT2D eigenvalue weighted by Gasteiger charge is -2.22. The molecule has 18 heavy (non-hydrogen) atoms. The Balaban J connectivity index is 2.30. The maximum absolute atomic E-state index is 9.30. The van der Waals surface area contributed by atoms with Crippen LogP contribution < -0.4 is 3.93 Å². The van der Waals surface area contributed by atoms with Gasteiger partial charge in [0.25, 0.3) is 0 Å². The molecule has 0 aromatic heterocycles. The molecule has 3 nitrogen and oxygen atoms in total. The van der Waals surface area contributed by atoms with Gasteiger partial charge in [0.05, 0.1) is 22.2 Å². The van der Waals surface area contributed by atoms with E-state index in [1.807, 2.05) is 30.3 Å². The van der Waals surface area contributed by atoms with Gasteiger partial charge in [0, 0.05) is 5.69 Å². The summed E-state index contributed by atoms with van der Waals surface area (Å²) in [6, 6.07) is 18.0. The van der Waals surface area contributed by atoms with Gasteiger partial charge in [0.1, 0.15) is 5.75 Å². The minimum atomic E-state index is -0.451. The summed E-state index contributed by atoms with van der Waals surface area (Å²) in [6.07, 6.45) is 0. The molecule has 0 spiro atoms. The van der Waals surface area contributed by atoms with Gasteiger partial charge in [-0.3, -0.25) is 3.93 Å². The minimum Gasteiger partial charge on any atom is -0.508 e. The maximum atomic E-state index is 9.30. The molecule has 0 bridgehead atoms. The van der Waals surface area contributed by atoms with Crippen molar-refractivity contribution in [3.63, 3.8) is 0 Å². The maximum Gasteiger partial charge on any atom is 0.152 e. The highest BCUT2D eigenvalue weighted by Gasteiger charge is 2.18. The molecule has 0 amide bonds. The SMILES string of the molecule is N#CC(c1ccc(O)cc1)N(Br)c1ccccc1. The van der Waals surface area contributed by atoms with Crippen molar-refractivity contribution in [2.24, 2.45) is 0 Å². The number of rotatable bonds is 3. The summed E-state index contributed by atoms with van der Waals surface area (Å²) in [7, 11) is 0. The van der Waals surface area contributed by atoms with E-state index in [1.54, 1.807) is 28.2 Å². The van der Waals surface area contributed by atoms with Crippen molar-refractivity contribution >= 4 is 21.8 Å². The number of phenols is 1. The third kappa shape index (κ3) is 2.63. The zero-order chi connectivity index (χ0) is 13.0. The van der Waals surface area contributed by atoms with Crippen LogP contribution in [0.2, 0.25) is 0 Å². The fourth-order valence-corrected chi connectivity index (χ4v) is 2.20. The number of hydrogen-bond donors (Lipinski definition) is 1. The van der Waals surface area contributed by atoms with Crippen molar-refractivity contribution in [1.29, 1.82) is 5.26 Å². The summed E-state index contributed by atoms with van der Waals surface area (Å²) in [4.78, 5) is 0. The third-order valence-corrected chi connectivity index (χ3v) is 3.38. The lowest BCUT2D eigenvalue weighted by molar-refractivity contribution is 0.475. The highest BCUT2D eigenvalue weighted by atomic mass is 79.9. The molecule has 0 heterocycles. The Hall–Kier alpha value is -1.99. The molecule has 2 aromatic rings. The highest BCUT2D eigenvalue weighted by Crippen LogP contribution is 2.30. The van der Waals surface area contributed by atoms with E-state index >= 15 is 0 Å². The van der Waals surface area contributed by atoms with Gasteiger partial charge in [0.15, 0.2) is 6.04 Å². The fourth-order valence-electron chi connectivity index (χ4n) is 1.63. The lowest BCUT2D eigenvalue weighted by atomic mass is 10.1. The van der Waals surface area contributed by atoms with E-state index in [4.69, 9.17) is 0 Å². The molecule has 0 aliphatic rings. The zero-order valence-corrected chi connectivity index (χ0v) is 11.1. The molecule has 0 fully saturated rings. The van der Waals surface area contributed by atoms with Gasteiger partial charge in [-0.1, -0.05) is 30.3 Å². The lowest BCUT2D eigenvalue weighted by Crippen LogP contribution is -2.16. The van der Waals surface area contributed by atoms with Crippen LogP contribution in [0.4, 0.5) is 5.69 Å². The number of hydrogen-bond acceptors (Lipinski definition) is 3. The number of nitriles is 1. The molecule has 0 aliphatic heterocycles. The van der Waals surface area contributed by atoms with Gasteiger partial charge in [-0.25, -0.2) is 0 Å². The number of anilines is 1. The van der Waals surface area contributed by atoms with Crippen LogP contribution in [0.3, 0.4) is 0 Å². The standard InChI is InChI=1S/C14H11BrN2O/c15-17(12-4-2-1-3-5-12)14(10-16)11-6-8-13(18)9-7-11/h1-9,14,18H. The largest absolute Gasteiger partial charge is 0.508 e. The molecule has 0 saturated carbocycles. The van der Waals surface area contributed by atoms with Crippen LogP contribution in [0.25, 0.3) is 0 Å². The van der Waals surface area contributed by atoms with E-state index in [-0.39, 0.29) is 5.75 Å². The number of nitrogens with zero attached hydrogens (tertiary/aromatic N) is 2. The van der Waals surface area contributed by atoms with Gasteiger partial charge in [0.2, 0.25) is 0 Å². The van der Waals surface area contributed by atoms with Gasteiger partial charge in [-0.15, -0.1) is 0 Å². The van der Waals surface area contributed by atoms with Crippen molar-refractivity contribution in [3.8, 4) is 11.8 Å². The molecular weight excluding hydrogens is 292 g/mol. The first-order chi connectivity index (χ1) is 8.72. The normalized spacial score (nSPS) is 11.6. The zero-order valence-electron chi connectivity index (χ0n) is 9.49. The summed E-state index contributed by atoms with van der Waals surface area (Å²) in [5.74, 6) is 0.191. The smallest absolute Gasteiger partial charge is 0.152 e. The molecule has 4 heteroatoms. The average molecular weight is 303 g/mol. The summed E-state index contributed by atoms with van der Waals surface area (Å²) < 4.78 is 1.72. The van der Waals surface area contributed by atoms with E-state index in [0.717, 1.165) is 11.3 Å². The van der Waals surface area contributed by atoms with Gasteiger partial charge < -0.3 is 5.11 Å². The molecule has 2 aromatic carbocycles. The number of halogens is 1. The van der Waals surface area contributed by atoms with E-state index in [9.17, 15) is 10.4 Å². The second-order valence-electron chi connectivity index (χ2n) is 3.77. The Bertz CT molecular complexity index is 548. The third-order valence-electron chi connectivity index (χ3n) is 2.56.